The highest BCUT2D eigenvalue weighted by Crippen LogP contribution is 2.42. The number of nitrogens with one attached hydrogen (secondary N) is 2. The van der Waals surface area contributed by atoms with Gasteiger partial charge in [-0.2, -0.15) is 0 Å². The van der Waals surface area contributed by atoms with Gasteiger partial charge in [-0.1, -0.05) is 30.3 Å². The molecule has 2 aromatic carbocycles. The Kier molecular flexibility index (Phi) is 7.62. The first-order chi connectivity index (χ1) is 16.5. The quantitative estimate of drug-likeness (QED) is 0.656. The highest BCUT2D eigenvalue weighted by molar-refractivity contribution is 7.99. The number of hydrogen-bond donors (Lipinski definition) is 2. The topological polar surface area (TPSA) is 97.0 Å². The summed E-state index contributed by atoms with van der Waals surface area (Å²) in [5, 5.41) is 5.40. The van der Waals surface area contributed by atoms with Gasteiger partial charge >= 0.3 is 0 Å². The number of benzene rings is 2. The summed E-state index contributed by atoms with van der Waals surface area (Å²) in [4.78, 5) is 41.2. The molecular weight excluding hydrogens is 454 g/mol. The predicted octanol–water partition coefficient (Wildman–Crippen LogP) is 2.75. The van der Waals surface area contributed by atoms with Crippen LogP contribution in [0.15, 0.2) is 48.5 Å². The molecular formula is C25H29N3O5S. The van der Waals surface area contributed by atoms with Crippen LogP contribution in [0.3, 0.4) is 0 Å². The van der Waals surface area contributed by atoms with E-state index in [0.717, 1.165) is 18.4 Å². The zero-order valence-electron chi connectivity index (χ0n) is 19.3. The van der Waals surface area contributed by atoms with Crippen molar-refractivity contribution in [3.8, 4) is 11.5 Å². The fourth-order valence-electron chi connectivity index (χ4n) is 4.26. The summed E-state index contributed by atoms with van der Waals surface area (Å²) in [6.07, 6.45) is 2.32. The fraction of sp³-hybridized carbons (Fsp3) is 0.400. The van der Waals surface area contributed by atoms with Gasteiger partial charge < -0.3 is 25.0 Å². The van der Waals surface area contributed by atoms with Crippen LogP contribution in [0.4, 0.5) is 0 Å². The van der Waals surface area contributed by atoms with E-state index in [1.165, 1.54) is 26.0 Å². The lowest BCUT2D eigenvalue weighted by Crippen LogP contribution is -2.53. The number of nitrogens with zero attached hydrogens (tertiary/aromatic N) is 1. The average molecular weight is 484 g/mol. The summed E-state index contributed by atoms with van der Waals surface area (Å²) >= 11 is 1.53. The van der Waals surface area contributed by atoms with Gasteiger partial charge in [-0.25, -0.2) is 0 Å². The molecule has 0 aliphatic carbocycles. The van der Waals surface area contributed by atoms with Crippen LogP contribution in [0.25, 0.3) is 0 Å². The lowest BCUT2D eigenvalue weighted by Gasteiger charge is -2.30. The second kappa shape index (κ2) is 10.8. The van der Waals surface area contributed by atoms with Crippen LogP contribution < -0.4 is 20.1 Å². The third-order valence-electron chi connectivity index (χ3n) is 6.07. The molecule has 180 valence electrons. The number of amides is 3. The van der Waals surface area contributed by atoms with Crippen molar-refractivity contribution in [3.05, 3.63) is 59.7 Å². The van der Waals surface area contributed by atoms with Crippen LogP contribution >= 0.6 is 11.8 Å². The van der Waals surface area contributed by atoms with Crippen molar-refractivity contribution in [2.75, 3.05) is 26.5 Å². The molecule has 3 atom stereocenters. The molecule has 34 heavy (non-hydrogen) atoms. The number of rotatable bonds is 6. The molecule has 2 aromatic rings. The highest BCUT2D eigenvalue weighted by atomic mass is 32.2. The number of thioether (sulfide) groups is 1. The van der Waals surface area contributed by atoms with Gasteiger partial charge in [0.2, 0.25) is 11.8 Å². The molecule has 0 saturated carbocycles. The van der Waals surface area contributed by atoms with Crippen molar-refractivity contribution in [2.24, 2.45) is 0 Å². The molecule has 2 N–H and O–H groups in total. The normalized spacial score (nSPS) is 22.5. The van der Waals surface area contributed by atoms with Crippen molar-refractivity contribution in [2.45, 2.75) is 36.7 Å². The maximum atomic E-state index is 13.8. The Bertz CT molecular complexity index is 1030. The average Bonchev–Trinajstić information content (AvgIpc) is 3.22. The second-order valence-electron chi connectivity index (χ2n) is 8.27. The first-order valence-corrected chi connectivity index (χ1v) is 12.4. The Morgan fingerprint density at radius 2 is 1.76 bits per heavy atom. The molecule has 2 aliphatic rings. The molecule has 2 heterocycles. The molecule has 2 aliphatic heterocycles. The Morgan fingerprint density at radius 3 is 2.44 bits per heavy atom. The maximum Gasteiger partial charge on any atom is 0.256 e. The van der Waals surface area contributed by atoms with Gasteiger partial charge in [-0.15, -0.1) is 11.8 Å². The van der Waals surface area contributed by atoms with E-state index in [4.69, 9.17) is 9.47 Å². The molecule has 2 saturated heterocycles. The van der Waals surface area contributed by atoms with Crippen molar-refractivity contribution >= 4 is 29.5 Å². The second-order valence-corrected chi connectivity index (χ2v) is 9.39. The molecule has 8 nitrogen and oxygen atoms in total. The minimum absolute atomic E-state index is 0.175. The van der Waals surface area contributed by atoms with Crippen molar-refractivity contribution in [1.82, 2.24) is 15.5 Å². The molecule has 0 spiro atoms. The number of carbonyl (C=O) groups excluding carboxylic acids is 3. The van der Waals surface area contributed by atoms with E-state index in [2.05, 4.69) is 10.6 Å². The zero-order chi connectivity index (χ0) is 24.1. The van der Waals surface area contributed by atoms with Gasteiger partial charge in [-0.05, 0) is 37.0 Å². The summed E-state index contributed by atoms with van der Waals surface area (Å²) in [5.74, 6) is 0.597. The minimum atomic E-state index is -0.726. The molecule has 0 radical (unpaired) electrons. The van der Waals surface area contributed by atoms with E-state index >= 15 is 0 Å². The van der Waals surface area contributed by atoms with E-state index in [-0.39, 0.29) is 23.1 Å². The lowest BCUT2D eigenvalue weighted by atomic mass is 10.1. The molecule has 9 heteroatoms. The van der Waals surface area contributed by atoms with Crippen molar-refractivity contribution in [3.63, 3.8) is 0 Å². The lowest BCUT2D eigenvalue weighted by molar-refractivity contribution is -0.130. The highest BCUT2D eigenvalue weighted by Gasteiger charge is 2.43. The molecule has 3 amide bonds. The van der Waals surface area contributed by atoms with Gasteiger partial charge in [0.25, 0.3) is 5.91 Å². The first-order valence-electron chi connectivity index (χ1n) is 11.3. The Morgan fingerprint density at radius 1 is 1.06 bits per heavy atom. The summed E-state index contributed by atoms with van der Waals surface area (Å²) in [6.45, 7) is 0.614. The third-order valence-corrected chi connectivity index (χ3v) is 7.40. The van der Waals surface area contributed by atoms with Crippen LogP contribution in [0.5, 0.6) is 11.5 Å². The number of hydrogen-bond acceptors (Lipinski definition) is 6. The van der Waals surface area contributed by atoms with Crippen LogP contribution in [0.1, 0.15) is 40.6 Å². The zero-order valence-corrected chi connectivity index (χ0v) is 20.1. The van der Waals surface area contributed by atoms with Gasteiger partial charge in [0.1, 0.15) is 29.0 Å². The van der Waals surface area contributed by atoms with Crippen molar-refractivity contribution < 1.29 is 23.9 Å². The Balaban J connectivity index is 1.65. The van der Waals surface area contributed by atoms with Gasteiger partial charge in [-0.3, -0.25) is 14.4 Å². The maximum absolute atomic E-state index is 13.8. The summed E-state index contributed by atoms with van der Waals surface area (Å²) in [5.41, 5.74) is 1.29. The summed E-state index contributed by atoms with van der Waals surface area (Å²) in [7, 11) is 3.05. The van der Waals surface area contributed by atoms with Gasteiger partial charge in [0, 0.05) is 23.9 Å². The fourth-order valence-corrected chi connectivity index (χ4v) is 5.69. The molecule has 4 rings (SSSR count). The monoisotopic (exact) mass is 483 g/mol. The smallest absolute Gasteiger partial charge is 0.256 e. The van der Waals surface area contributed by atoms with Gasteiger partial charge in [0.05, 0.1) is 14.2 Å². The van der Waals surface area contributed by atoms with Gasteiger partial charge in [0.15, 0.2) is 0 Å². The number of carbonyl (C=O) groups is 3. The molecule has 0 aromatic heterocycles. The molecule has 2 fully saturated rings. The molecule has 3 unspecified atom stereocenters. The Hall–Kier alpha value is -3.20. The SMILES string of the molecule is COc1cc(OC)cc(C(=O)N2C(C(=O)NC3CCCCNC3=O)CSC2c2ccccc2)c1. The van der Waals surface area contributed by atoms with E-state index in [9.17, 15) is 14.4 Å². The molecule has 0 bridgehead atoms. The van der Waals surface area contributed by atoms with E-state index < -0.39 is 12.1 Å². The summed E-state index contributed by atoms with van der Waals surface area (Å²) < 4.78 is 10.7. The van der Waals surface area contributed by atoms with E-state index in [1.54, 1.807) is 23.1 Å². The van der Waals surface area contributed by atoms with Crippen LogP contribution in [-0.4, -0.2) is 61.2 Å². The predicted molar refractivity (Wildman–Crippen MR) is 130 cm³/mol. The first kappa shape index (κ1) is 23.9. The number of methoxy groups -OCH3 is 2. The van der Waals surface area contributed by atoms with Crippen LogP contribution in [0.2, 0.25) is 0 Å². The van der Waals surface area contributed by atoms with Crippen LogP contribution in [0, 0.1) is 0 Å². The largest absolute Gasteiger partial charge is 0.497 e. The van der Waals surface area contributed by atoms with Crippen LogP contribution in [-0.2, 0) is 9.59 Å². The Labute approximate surface area is 203 Å². The number of ether oxygens (including phenoxy) is 2. The summed E-state index contributed by atoms with van der Waals surface area (Å²) in [6, 6.07) is 13.3. The van der Waals surface area contributed by atoms with E-state index in [1.807, 2.05) is 30.3 Å². The van der Waals surface area contributed by atoms with E-state index in [0.29, 0.717) is 35.8 Å². The third kappa shape index (κ3) is 5.14. The van der Waals surface area contributed by atoms with Crippen molar-refractivity contribution in [1.29, 1.82) is 0 Å². The standard InChI is InChI=1S/C25H29N3O5S/c1-32-18-12-17(13-19(14-18)33-2)24(31)28-21(15-34-25(28)16-8-4-3-5-9-16)23(30)27-20-10-6-7-11-26-22(20)29/h3-5,8-9,12-14,20-21,25H,6-7,10-11,15H2,1-2H3,(H,26,29)(H,27,30). The minimum Gasteiger partial charge on any atom is -0.497 e.